The maximum absolute atomic E-state index is 13.6. The molecule has 0 spiro atoms. The van der Waals surface area contributed by atoms with Gasteiger partial charge in [0.25, 0.3) is 0 Å². The van der Waals surface area contributed by atoms with Crippen LogP contribution in [0.3, 0.4) is 0 Å². The monoisotopic (exact) mass is 372 g/mol. The van der Waals surface area contributed by atoms with E-state index in [4.69, 9.17) is 23.2 Å². The van der Waals surface area contributed by atoms with Gasteiger partial charge in [0.15, 0.2) is 0 Å². The number of benzene rings is 2. The van der Waals surface area contributed by atoms with E-state index in [0.29, 0.717) is 5.02 Å². The van der Waals surface area contributed by atoms with Crippen LogP contribution in [0, 0.1) is 11.6 Å². The predicted octanol–water partition coefficient (Wildman–Crippen LogP) is 4.26. The zero-order valence-electron chi connectivity index (χ0n) is 12.4. The molecule has 2 rings (SSSR count). The largest absolute Gasteiger partial charge is 0.320 e. The summed E-state index contributed by atoms with van der Waals surface area (Å²) in [6.45, 7) is 0.747. The van der Waals surface area contributed by atoms with E-state index >= 15 is 0 Å². The van der Waals surface area contributed by atoms with Crippen LogP contribution in [0.4, 0.5) is 20.2 Å². The van der Waals surface area contributed by atoms with Crippen molar-refractivity contribution in [3.63, 3.8) is 0 Å². The number of halogens is 4. The number of hydrogen-bond donors (Lipinski definition) is 1. The highest BCUT2D eigenvalue weighted by atomic mass is 35.5. The van der Waals surface area contributed by atoms with Gasteiger partial charge in [0.2, 0.25) is 11.8 Å². The fraction of sp³-hybridized carbons (Fsp3) is 0.125. The Morgan fingerprint density at radius 1 is 1.12 bits per heavy atom. The predicted molar refractivity (Wildman–Crippen MR) is 89.5 cm³/mol. The SMILES string of the molecule is CC(=O)N(CC(=O)Nc1c(F)cccc1F)c1cc(Cl)ccc1Cl. The smallest absolute Gasteiger partial charge is 0.244 e. The fourth-order valence-electron chi connectivity index (χ4n) is 2.00. The summed E-state index contributed by atoms with van der Waals surface area (Å²) in [4.78, 5) is 25.0. The van der Waals surface area contributed by atoms with E-state index in [1.54, 1.807) is 0 Å². The van der Waals surface area contributed by atoms with Gasteiger partial charge in [-0.25, -0.2) is 8.78 Å². The molecule has 0 heterocycles. The highest BCUT2D eigenvalue weighted by Crippen LogP contribution is 2.29. The number of rotatable bonds is 4. The van der Waals surface area contributed by atoms with E-state index < -0.39 is 35.7 Å². The van der Waals surface area contributed by atoms with Crippen LogP contribution in [0.25, 0.3) is 0 Å². The molecule has 0 saturated heterocycles. The first-order valence-corrected chi connectivity index (χ1v) is 7.52. The van der Waals surface area contributed by atoms with Crippen molar-refractivity contribution in [2.24, 2.45) is 0 Å². The van der Waals surface area contributed by atoms with Crippen LogP contribution in [-0.4, -0.2) is 18.4 Å². The molecule has 0 aliphatic rings. The van der Waals surface area contributed by atoms with Gasteiger partial charge in [0.05, 0.1) is 10.7 Å². The standard InChI is InChI=1S/C16H12Cl2F2N2O2/c1-9(23)22(14-7-10(17)5-6-11(14)18)8-15(24)21-16-12(19)3-2-4-13(16)20/h2-7H,8H2,1H3,(H,21,24). The summed E-state index contributed by atoms with van der Waals surface area (Å²) in [7, 11) is 0. The number of carbonyl (C=O) groups is 2. The molecule has 8 heteroatoms. The van der Waals surface area contributed by atoms with Crippen LogP contribution in [0.1, 0.15) is 6.92 Å². The van der Waals surface area contributed by atoms with Gasteiger partial charge in [0.1, 0.15) is 23.9 Å². The molecule has 4 nitrogen and oxygen atoms in total. The summed E-state index contributed by atoms with van der Waals surface area (Å²) >= 11 is 11.9. The molecular formula is C16H12Cl2F2N2O2. The highest BCUT2D eigenvalue weighted by molar-refractivity contribution is 6.35. The van der Waals surface area contributed by atoms with Gasteiger partial charge in [-0.1, -0.05) is 29.3 Å². The van der Waals surface area contributed by atoms with E-state index in [1.165, 1.54) is 31.2 Å². The Balaban J connectivity index is 2.24. The number of nitrogens with one attached hydrogen (secondary N) is 1. The third-order valence-corrected chi connectivity index (χ3v) is 3.66. The Kier molecular flexibility index (Phi) is 5.75. The van der Waals surface area contributed by atoms with Crippen LogP contribution in [0.15, 0.2) is 36.4 Å². The zero-order valence-corrected chi connectivity index (χ0v) is 14.0. The molecule has 0 aliphatic carbocycles. The van der Waals surface area contributed by atoms with Crippen molar-refractivity contribution in [2.75, 3.05) is 16.8 Å². The van der Waals surface area contributed by atoms with Crippen molar-refractivity contribution in [1.29, 1.82) is 0 Å². The van der Waals surface area contributed by atoms with Gasteiger partial charge in [-0.15, -0.1) is 0 Å². The molecule has 0 aromatic heterocycles. The molecule has 24 heavy (non-hydrogen) atoms. The number of para-hydroxylation sites is 1. The van der Waals surface area contributed by atoms with Gasteiger partial charge < -0.3 is 10.2 Å². The van der Waals surface area contributed by atoms with Gasteiger partial charge >= 0.3 is 0 Å². The second-order valence-electron chi connectivity index (χ2n) is 4.85. The summed E-state index contributed by atoms with van der Waals surface area (Å²) < 4.78 is 27.1. The molecule has 0 atom stereocenters. The van der Waals surface area contributed by atoms with E-state index in [0.717, 1.165) is 17.0 Å². The van der Waals surface area contributed by atoms with Crippen LogP contribution in [-0.2, 0) is 9.59 Å². The summed E-state index contributed by atoms with van der Waals surface area (Å²) in [6.07, 6.45) is 0. The molecule has 126 valence electrons. The third-order valence-electron chi connectivity index (χ3n) is 3.11. The lowest BCUT2D eigenvalue weighted by Gasteiger charge is -2.22. The quantitative estimate of drug-likeness (QED) is 0.871. The number of hydrogen-bond acceptors (Lipinski definition) is 2. The van der Waals surface area contributed by atoms with Crippen molar-refractivity contribution >= 4 is 46.4 Å². The number of carbonyl (C=O) groups excluding carboxylic acids is 2. The summed E-state index contributed by atoms with van der Waals surface area (Å²) in [5.41, 5.74) is -0.357. The molecule has 0 fully saturated rings. The average Bonchev–Trinajstić information content (AvgIpc) is 2.51. The molecule has 2 aromatic carbocycles. The number of nitrogens with zero attached hydrogens (tertiary/aromatic N) is 1. The molecule has 0 radical (unpaired) electrons. The van der Waals surface area contributed by atoms with E-state index in [1.807, 2.05) is 0 Å². The average molecular weight is 373 g/mol. The Hall–Kier alpha value is -2.18. The molecule has 0 unspecified atom stereocenters. The molecule has 2 amide bonds. The minimum atomic E-state index is -0.918. The molecule has 1 N–H and O–H groups in total. The maximum atomic E-state index is 13.6. The van der Waals surface area contributed by atoms with E-state index in [-0.39, 0.29) is 10.7 Å². The summed E-state index contributed by atoms with van der Waals surface area (Å²) in [6, 6.07) is 7.62. The number of anilines is 2. The van der Waals surface area contributed by atoms with E-state index in [2.05, 4.69) is 5.32 Å². The van der Waals surface area contributed by atoms with Crippen molar-refractivity contribution in [1.82, 2.24) is 0 Å². The first-order valence-electron chi connectivity index (χ1n) is 6.76. The van der Waals surface area contributed by atoms with Gasteiger partial charge in [0, 0.05) is 11.9 Å². The first-order chi connectivity index (χ1) is 11.3. The Bertz CT molecular complexity index is 779. The molecule has 0 bridgehead atoms. The van der Waals surface area contributed by atoms with Crippen molar-refractivity contribution in [2.45, 2.75) is 6.92 Å². The molecule has 0 aliphatic heterocycles. The van der Waals surface area contributed by atoms with Crippen molar-refractivity contribution in [3.8, 4) is 0 Å². The fourth-order valence-corrected chi connectivity index (χ4v) is 2.38. The minimum Gasteiger partial charge on any atom is -0.320 e. The van der Waals surface area contributed by atoms with Gasteiger partial charge in [-0.05, 0) is 30.3 Å². The first kappa shape index (κ1) is 18.2. The topological polar surface area (TPSA) is 49.4 Å². The number of amides is 2. The normalized spacial score (nSPS) is 10.4. The maximum Gasteiger partial charge on any atom is 0.244 e. The lowest BCUT2D eigenvalue weighted by molar-refractivity contribution is -0.120. The zero-order chi connectivity index (χ0) is 17.9. The Morgan fingerprint density at radius 2 is 1.75 bits per heavy atom. The van der Waals surface area contributed by atoms with Crippen LogP contribution in [0.2, 0.25) is 10.0 Å². The lowest BCUT2D eigenvalue weighted by Crippen LogP contribution is -2.37. The van der Waals surface area contributed by atoms with Crippen LogP contribution < -0.4 is 10.2 Å². The van der Waals surface area contributed by atoms with Gasteiger partial charge in [-0.3, -0.25) is 9.59 Å². The van der Waals surface area contributed by atoms with Crippen molar-refractivity contribution < 1.29 is 18.4 Å². The molecular weight excluding hydrogens is 361 g/mol. The van der Waals surface area contributed by atoms with Crippen LogP contribution >= 0.6 is 23.2 Å². The Labute approximate surface area is 147 Å². The van der Waals surface area contributed by atoms with Crippen molar-refractivity contribution in [3.05, 3.63) is 58.1 Å². The second kappa shape index (κ2) is 7.59. The van der Waals surface area contributed by atoms with Gasteiger partial charge in [-0.2, -0.15) is 0 Å². The lowest BCUT2D eigenvalue weighted by atomic mass is 10.2. The van der Waals surface area contributed by atoms with Crippen LogP contribution in [0.5, 0.6) is 0 Å². The minimum absolute atomic E-state index is 0.208. The Morgan fingerprint density at radius 3 is 2.33 bits per heavy atom. The van der Waals surface area contributed by atoms with E-state index in [9.17, 15) is 18.4 Å². The summed E-state index contributed by atoms with van der Waals surface area (Å²) in [5, 5.41) is 2.64. The summed E-state index contributed by atoms with van der Waals surface area (Å²) in [5.74, 6) is -3.11. The second-order valence-corrected chi connectivity index (χ2v) is 5.69. The molecule has 2 aromatic rings. The molecule has 0 saturated carbocycles. The highest BCUT2D eigenvalue weighted by Gasteiger charge is 2.20. The third kappa shape index (κ3) is 4.21.